The smallest absolute Gasteiger partial charge is 0.0636 e. The average molecular weight is 171 g/mol. The monoisotopic (exact) mass is 171 g/mol. The number of aliphatic hydroxyl groups is 1. The zero-order valence-electron chi connectivity index (χ0n) is 8.59. The molecule has 72 valence electrons. The molecular formula is C10H21NO. The van der Waals surface area contributed by atoms with Gasteiger partial charge >= 0.3 is 0 Å². The van der Waals surface area contributed by atoms with E-state index in [2.05, 4.69) is 27.7 Å². The molecule has 0 spiro atoms. The van der Waals surface area contributed by atoms with Crippen molar-refractivity contribution in [1.82, 2.24) is 0 Å². The predicted octanol–water partition coefficient (Wildman–Crippen LogP) is 1.38. The molecule has 2 nitrogen and oxygen atoms in total. The van der Waals surface area contributed by atoms with Gasteiger partial charge in [0.05, 0.1) is 6.10 Å². The minimum absolute atomic E-state index is 0.00116. The van der Waals surface area contributed by atoms with Crippen molar-refractivity contribution in [2.45, 2.75) is 40.2 Å². The van der Waals surface area contributed by atoms with Crippen molar-refractivity contribution >= 4 is 0 Å². The predicted molar refractivity (Wildman–Crippen MR) is 50.7 cm³/mol. The van der Waals surface area contributed by atoms with Crippen LogP contribution in [0.3, 0.4) is 0 Å². The Morgan fingerprint density at radius 2 is 1.83 bits per heavy atom. The topological polar surface area (TPSA) is 46.2 Å². The summed E-state index contributed by atoms with van der Waals surface area (Å²) in [6.07, 6.45) is 0.827. The van der Waals surface area contributed by atoms with Gasteiger partial charge in [0.25, 0.3) is 0 Å². The Balaban J connectivity index is 2.72. The lowest BCUT2D eigenvalue weighted by molar-refractivity contribution is 0.0360. The number of nitrogens with two attached hydrogens (primary N) is 1. The highest BCUT2D eigenvalue weighted by Crippen LogP contribution is 2.65. The van der Waals surface area contributed by atoms with Crippen molar-refractivity contribution in [1.29, 1.82) is 0 Å². The van der Waals surface area contributed by atoms with Crippen LogP contribution in [-0.2, 0) is 0 Å². The van der Waals surface area contributed by atoms with Crippen LogP contribution in [0.5, 0.6) is 0 Å². The first-order chi connectivity index (χ1) is 5.37. The van der Waals surface area contributed by atoms with Crippen molar-refractivity contribution in [3.05, 3.63) is 0 Å². The Morgan fingerprint density at radius 1 is 1.42 bits per heavy atom. The normalized spacial score (nSPS) is 35.2. The number of rotatable bonds is 3. The molecule has 2 unspecified atom stereocenters. The first kappa shape index (κ1) is 10.0. The lowest BCUT2D eigenvalue weighted by atomic mass is 9.84. The summed E-state index contributed by atoms with van der Waals surface area (Å²) in [5.41, 5.74) is 5.97. The molecule has 2 atom stereocenters. The second-order valence-electron chi connectivity index (χ2n) is 5.11. The lowest BCUT2D eigenvalue weighted by Gasteiger charge is -2.27. The van der Waals surface area contributed by atoms with Crippen molar-refractivity contribution in [2.24, 2.45) is 22.5 Å². The first-order valence-corrected chi connectivity index (χ1v) is 4.75. The third kappa shape index (κ3) is 1.17. The number of aliphatic hydroxyl groups excluding tert-OH is 1. The van der Waals surface area contributed by atoms with Crippen LogP contribution in [0.1, 0.15) is 34.1 Å². The Bertz CT molecular complexity index is 177. The van der Waals surface area contributed by atoms with Crippen molar-refractivity contribution < 1.29 is 5.11 Å². The molecule has 0 aromatic carbocycles. The summed E-state index contributed by atoms with van der Waals surface area (Å²) in [6, 6.07) is 0. The molecule has 0 aromatic heterocycles. The molecule has 0 aromatic rings. The summed E-state index contributed by atoms with van der Waals surface area (Å²) in [7, 11) is 0. The highest BCUT2D eigenvalue weighted by molar-refractivity contribution is 5.14. The molecule has 1 rings (SSSR count). The maximum absolute atomic E-state index is 9.97. The van der Waals surface area contributed by atoms with E-state index in [1.54, 1.807) is 0 Å². The number of hydrogen-bond donors (Lipinski definition) is 2. The van der Waals surface area contributed by atoms with Crippen LogP contribution in [-0.4, -0.2) is 17.8 Å². The third-order valence-corrected chi connectivity index (χ3v) is 3.54. The minimum Gasteiger partial charge on any atom is -0.392 e. The van der Waals surface area contributed by atoms with E-state index < -0.39 is 0 Å². The molecule has 0 saturated heterocycles. The van der Waals surface area contributed by atoms with Crippen molar-refractivity contribution in [3.63, 3.8) is 0 Å². The molecule has 3 N–H and O–H groups in total. The van der Waals surface area contributed by atoms with E-state index in [0.717, 1.165) is 6.42 Å². The van der Waals surface area contributed by atoms with Crippen LogP contribution in [0, 0.1) is 16.7 Å². The molecule has 1 fully saturated rings. The average Bonchev–Trinajstić information content (AvgIpc) is 2.53. The highest BCUT2D eigenvalue weighted by atomic mass is 16.3. The maximum atomic E-state index is 9.97. The van der Waals surface area contributed by atoms with Gasteiger partial charge in [0, 0.05) is 12.0 Å². The molecule has 0 bridgehead atoms. The van der Waals surface area contributed by atoms with Gasteiger partial charge in [-0.25, -0.2) is 0 Å². The second-order valence-corrected chi connectivity index (χ2v) is 5.11. The van der Waals surface area contributed by atoms with Gasteiger partial charge in [0.1, 0.15) is 0 Å². The van der Waals surface area contributed by atoms with Gasteiger partial charge in [-0.3, -0.25) is 0 Å². The van der Waals surface area contributed by atoms with Crippen LogP contribution >= 0.6 is 0 Å². The molecule has 1 aliphatic carbocycles. The molecule has 2 heteroatoms. The molecule has 0 amide bonds. The van der Waals surface area contributed by atoms with Crippen LogP contribution in [0.2, 0.25) is 0 Å². The molecule has 1 saturated carbocycles. The third-order valence-electron chi connectivity index (χ3n) is 3.54. The van der Waals surface area contributed by atoms with Gasteiger partial charge in [-0.1, -0.05) is 27.7 Å². The fourth-order valence-electron chi connectivity index (χ4n) is 2.36. The quantitative estimate of drug-likeness (QED) is 0.674. The zero-order valence-corrected chi connectivity index (χ0v) is 8.59. The molecule has 0 aliphatic heterocycles. The molecule has 0 radical (unpaired) electrons. The van der Waals surface area contributed by atoms with Gasteiger partial charge < -0.3 is 10.8 Å². The van der Waals surface area contributed by atoms with Crippen LogP contribution in [0.25, 0.3) is 0 Å². The van der Waals surface area contributed by atoms with Gasteiger partial charge in [0.15, 0.2) is 0 Å². The van der Waals surface area contributed by atoms with E-state index >= 15 is 0 Å². The van der Waals surface area contributed by atoms with Crippen molar-refractivity contribution in [2.75, 3.05) is 6.54 Å². The first-order valence-electron chi connectivity index (χ1n) is 4.75. The summed E-state index contributed by atoms with van der Waals surface area (Å²) < 4.78 is 0. The summed E-state index contributed by atoms with van der Waals surface area (Å²) in [5.74, 6) is 0.315. The zero-order chi connectivity index (χ0) is 9.57. The second kappa shape index (κ2) is 2.71. The Labute approximate surface area is 75.2 Å². The van der Waals surface area contributed by atoms with Gasteiger partial charge in [-0.15, -0.1) is 0 Å². The fraction of sp³-hybridized carbons (Fsp3) is 1.00. The van der Waals surface area contributed by atoms with Crippen LogP contribution in [0.15, 0.2) is 0 Å². The summed E-state index contributed by atoms with van der Waals surface area (Å²) >= 11 is 0. The SMILES string of the molecule is CC(C)C(O)C1(CN)CC1(C)C. The summed E-state index contributed by atoms with van der Waals surface area (Å²) in [4.78, 5) is 0. The molecule has 12 heavy (non-hydrogen) atoms. The van der Waals surface area contributed by atoms with Crippen molar-refractivity contribution in [3.8, 4) is 0 Å². The fourth-order valence-corrected chi connectivity index (χ4v) is 2.36. The van der Waals surface area contributed by atoms with Gasteiger partial charge in [-0.05, 0) is 17.8 Å². The standard InChI is InChI=1S/C10H21NO/c1-7(2)8(12)10(6-11)5-9(10,3)4/h7-8,12H,5-6,11H2,1-4H3. The van der Waals surface area contributed by atoms with E-state index in [1.807, 2.05) is 0 Å². The molecule has 0 heterocycles. The largest absolute Gasteiger partial charge is 0.392 e. The minimum atomic E-state index is -0.238. The van der Waals surface area contributed by atoms with E-state index in [-0.39, 0.29) is 16.9 Å². The Hall–Kier alpha value is -0.0800. The number of hydrogen-bond acceptors (Lipinski definition) is 2. The van der Waals surface area contributed by atoms with E-state index in [1.165, 1.54) is 0 Å². The van der Waals surface area contributed by atoms with E-state index in [0.29, 0.717) is 12.5 Å². The maximum Gasteiger partial charge on any atom is 0.0636 e. The lowest BCUT2D eigenvalue weighted by Crippen LogP contribution is -2.37. The van der Waals surface area contributed by atoms with Gasteiger partial charge in [0.2, 0.25) is 0 Å². The van der Waals surface area contributed by atoms with Crippen LogP contribution in [0.4, 0.5) is 0 Å². The molecule has 1 aliphatic rings. The summed E-state index contributed by atoms with van der Waals surface area (Å²) in [6.45, 7) is 9.09. The Kier molecular flexibility index (Phi) is 2.26. The van der Waals surface area contributed by atoms with E-state index in [4.69, 9.17) is 5.73 Å². The summed E-state index contributed by atoms with van der Waals surface area (Å²) in [5, 5.41) is 9.97. The molecular weight excluding hydrogens is 150 g/mol. The van der Waals surface area contributed by atoms with Crippen LogP contribution < -0.4 is 5.73 Å². The van der Waals surface area contributed by atoms with E-state index in [9.17, 15) is 5.11 Å². The Morgan fingerprint density at radius 3 is 1.92 bits per heavy atom. The van der Waals surface area contributed by atoms with Gasteiger partial charge in [-0.2, -0.15) is 0 Å². The highest BCUT2D eigenvalue weighted by Gasteiger charge is 2.64.